The molecule has 2 heterocycles. The van der Waals surface area contributed by atoms with E-state index in [4.69, 9.17) is 5.73 Å². The highest BCUT2D eigenvalue weighted by molar-refractivity contribution is 5.12. The summed E-state index contributed by atoms with van der Waals surface area (Å²) >= 11 is 0. The molecule has 2 N–H and O–H groups in total. The third kappa shape index (κ3) is 2.75. The van der Waals surface area contributed by atoms with Crippen LogP contribution in [0.1, 0.15) is 38.8 Å². The first-order valence-corrected chi connectivity index (χ1v) is 7.12. The molecule has 0 spiro atoms. The second kappa shape index (κ2) is 5.85. The first kappa shape index (κ1) is 13.6. The Labute approximate surface area is 110 Å². The smallest absolute Gasteiger partial charge is 0.0538 e. The molecular formula is C14H26N4. The van der Waals surface area contributed by atoms with Gasteiger partial charge in [-0.15, -0.1) is 0 Å². The van der Waals surface area contributed by atoms with E-state index in [2.05, 4.69) is 37.0 Å². The van der Waals surface area contributed by atoms with Crippen molar-refractivity contribution in [3.05, 3.63) is 18.0 Å². The summed E-state index contributed by atoms with van der Waals surface area (Å²) in [6.07, 6.45) is 5.42. The van der Waals surface area contributed by atoms with Crippen molar-refractivity contribution >= 4 is 0 Å². The van der Waals surface area contributed by atoms with Crippen LogP contribution in [0.5, 0.6) is 0 Å². The van der Waals surface area contributed by atoms with Crippen LogP contribution in [-0.4, -0.2) is 34.3 Å². The van der Waals surface area contributed by atoms with E-state index in [9.17, 15) is 0 Å². The average Bonchev–Trinajstić information content (AvgIpc) is 2.99. The minimum Gasteiger partial charge on any atom is -0.329 e. The van der Waals surface area contributed by atoms with E-state index in [1.807, 2.05) is 10.9 Å². The number of rotatable bonds is 5. The zero-order valence-corrected chi connectivity index (χ0v) is 11.8. The van der Waals surface area contributed by atoms with Crippen LogP contribution in [0.25, 0.3) is 0 Å². The quantitative estimate of drug-likeness (QED) is 0.868. The lowest BCUT2D eigenvalue weighted by Crippen LogP contribution is -2.32. The van der Waals surface area contributed by atoms with Crippen molar-refractivity contribution < 1.29 is 0 Å². The number of nitrogens with two attached hydrogens (primary N) is 1. The summed E-state index contributed by atoms with van der Waals surface area (Å²) in [5.74, 6) is 1.59. The maximum Gasteiger partial charge on any atom is 0.0538 e. The molecule has 0 aromatic carbocycles. The number of aromatic nitrogens is 2. The number of aryl methyl sites for hydroxylation is 1. The van der Waals surface area contributed by atoms with Gasteiger partial charge in [0.2, 0.25) is 0 Å². The Morgan fingerprint density at radius 3 is 2.78 bits per heavy atom. The molecule has 0 aliphatic carbocycles. The molecule has 4 nitrogen and oxygen atoms in total. The third-order valence-corrected chi connectivity index (χ3v) is 4.22. The topological polar surface area (TPSA) is 47.1 Å². The minimum atomic E-state index is 0.342. The van der Waals surface area contributed by atoms with Gasteiger partial charge >= 0.3 is 0 Å². The summed E-state index contributed by atoms with van der Waals surface area (Å²) in [7, 11) is 0. The molecule has 1 aromatic heterocycles. The molecule has 2 atom stereocenters. The Hall–Kier alpha value is -0.870. The first-order chi connectivity index (χ1) is 8.65. The predicted octanol–water partition coefficient (Wildman–Crippen LogP) is 1.88. The van der Waals surface area contributed by atoms with Crippen molar-refractivity contribution in [2.75, 3.05) is 19.6 Å². The normalized spacial score (nSPS) is 22.8. The first-order valence-electron chi connectivity index (χ1n) is 7.12. The highest BCUT2D eigenvalue weighted by Crippen LogP contribution is 2.30. The number of nitrogens with zero attached hydrogens (tertiary/aromatic N) is 3. The molecule has 1 saturated heterocycles. The van der Waals surface area contributed by atoms with Crippen molar-refractivity contribution in [2.24, 2.45) is 17.6 Å². The van der Waals surface area contributed by atoms with Crippen LogP contribution in [0.3, 0.4) is 0 Å². The van der Waals surface area contributed by atoms with Gasteiger partial charge in [-0.3, -0.25) is 9.58 Å². The standard InChI is InChI=1S/C14H26N4/c1-4-18-10-13(8-16-18)14(7-15)17-6-5-12(9-17)11(2)3/h8,10-12,14H,4-7,9,15H2,1-3H3. The van der Waals surface area contributed by atoms with Crippen molar-refractivity contribution in [2.45, 2.75) is 39.8 Å². The van der Waals surface area contributed by atoms with Crippen molar-refractivity contribution in [1.29, 1.82) is 0 Å². The molecule has 1 aromatic rings. The van der Waals surface area contributed by atoms with Crippen molar-refractivity contribution in [3.8, 4) is 0 Å². The van der Waals surface area contributed by atoms with Gasteiger partial charge in [0.25, 0.3) is 0 Å². The van der Waals surface area contributed by atoms with Gasteiger partial charge in [-0.05, 0) is 31.7 Å². The van der Waals surface area contributed by atoms with Gasteiger partial charge in [0.15, 0.2) is 0 Å². The molecule has 0 radical (unpaired) electrons. The van der Waals surface area contributed by atoms with Gasteiger partial charge < -0.3 is 5.73 Å². The number of hydrogen-bond acceptors (Lipinski definition) is 3. The maximum atomic E-state index is 5.98. The fourth-order valence-electron chi connectivity index (χ4n) is 2.86. The lowest BCUT2D eigenvalue weighted by atomic mass is 9.95. The van der Waals surface area contributed by atoms with E-state index in [0.29, 0.717) is 12.6 Å². The molecule has 1 aliphatic rings. The second-order valence-corrected chi connectivity index (χ2v) is 5.67. The molecule has 0 saturated carbocycles. The van der Waals surface area contributed by atoms with Gasteiger partial charge in [-0.1, -0.05) is 13.8 Å². The van der Waals surface area contributed by atoms with Crippen LogP contribution in [0.4, 0.5) is 0 Å². The molecule has 4 heteroatoms. The zero-order chi connectivity index (χ0) is 13.1. The van der Waals surface area contributed by atoms with Crippen LogP contribution < -0.4 is 5.73 Å². The lowest BCUT2D eigenvalue weighted by molar-refractivity contribution is 0.232. The zero-order valence-electron chi connectivity index (χ0n) is 11.8. The Balaban J connectivity index is 2.05. The van der Waals surface area contributed by atoms with Crippen LogP contribution in [0.2, 0.25) is 0 Å². The van der Waals surface area contributed by atoms with Gasteiger partial charge in [0.1, 0.15) is 0 Å². The molecule has 2 rings (SSSR count). The Bertz CT molecular complexity index is 372. The fourth-order valence-corrected chi connectivity index (χ4v) is 2.86. The summed E-state index contributed by atoms with van der Waals surface area (Å²) in [6, 6.07) is 0.342. The molecule has 18 heavy (non-hydrogen) atoms. The van der Waals surface area contributed by atoms with Crippen molar-refractivity contribution in [3.63, 3.8) is 0 Å². The summed E-state index contributed by atoms with van der Waals surface area (Å²) in [5.41, 5.74) is 7.25. The monoisotopic (exact) mass is 250 g/mol. The summed E-state index contributed by atoms with van der Waals surface area (Å²) in [5, 5.41) is 4.36. The fraction of sp³-hybridized carbons (Fsp3) is 0.786. The largest absolute Gasteiger partial charge is 0.329 e. The number of hydrogen-bond donors (Lipinski definition) is 1. The molecule has 102 valence electrons. The van der Waals surface area contributed by atoms with Crippen LogP contribution in [0, 0.1) is 11.8 Å². The lowest BCUT2D eigenvalue weighted by Gasteiger charge is -2.26. The molecule has 0 amide bonds. The maximum absolute atomic E-state index is 5.98. The van der Waals surface area contributed by atoms with Gasteiger partial charge in [0, 0.05) is 31.4 Å². The molecule has 1 aliphatic heterocycles. The third-order valence-electron chi connectivity index (χ3n) is 4.22. The number of likely N-dealkylation sites (tertiary alicyclic amines) is 1. The average molecular weight is 250 g/mol. The summed E-state index contributed by atoms with van der Waals surface area (Å²) in [4.78, 5) is 2.53. The Morgan fingerprint density at radius 1 is 1.50 bits per heavy atom. The molecule has 0 bridgehead atoms. The van der Waals surface area contributed by atoms with Crippen molar-refractivity contribution in [1.82, 2.24) is 14.7 Å². The highest BCUT2D eigenvalue weighted by atomic mass is 15.3. The van der Waals surface area contributed by atoms with E-state index in [1.165, 1.54) is 25.1 Å². The SMILES string of the molecule is CCn1cc(C(CN)N2CCC(C(C)C)C2)cn1. The van der Waals surface area contributed by atoms with E-state index < -0.39 is 0 Å². The minimum absolute atomic E-state index is 0.342. The van der Waals surface area contributed by atoms with Gasteiger partial charge in [-0.2, -0.15) is 5.10 Å². The predicted molar refractivity (Wildman–Crippen MR) is 74.2 cm³/mol. The van der Waals surface area contributed by atoms with Gasteiger partial charge in [-0.25, -0.2) is 0 Å². The molecule has 2 unspecified atom stereocenters. The van der Waals surface area contributed by atoms with E-state index in [-0.39, 0.29) is 0 Å². The molecular weight excluding hydrogens is 224 g/mol. The Kier molecular flexibility index (Phi) is 4.40. The van der Waals surface area contributed by atoms with Gasteiger partial charge in [0.05, 0.1) is 12.2 Å². The van der Waals surface area contributed by atoms with Crippen LogP contribution >= 0.6 is 0 Å². The van der Waals surface area contributed by atoms with Crippen LogP contribution in [-0.2, 0) is 6.54 Å². The van der Waals surface area contributed by atoms with E-state index >= 15 is 0 Å². The summed E-state index contributed by atoms with van der Waals surface area (Å²) in [6.45, 7) is 10.7. The highest BCUT2D eigenvalue weighted by Gasteiger charge is 2.30. The molecule has 1 fully saturated rings. The van der Waals surface area contributed by atoms with E-state index in [1.54, 1.807) is 0 Å². The summed E-state index contributed by atoms with van der Waals surface area (Å²) < 4.78 is 1.98. The Morgan fingerprint density at radius 2 is 2.28 bits per heavy atom. The second-order valence-electron chi connectivity index (χ2n) is 5.67. The van der Waals surface area contributed by atoms with E-state index in [0.717, 1.165) is 18.4 Å². The van der Waals surface area contributed by atoms with Crippen LogP contribution in [0.15, 0.2) is 12.4 Å².